The molecule has 5 heteroatoms. The molecule has 0 aliphatic rings. The fourth-order valence-corrected chi connectivity index (χ4v) is 4.03. The topological polar surface area (TPSA) is 37.4 Å². The number of nitrogens with zero attached hydrogens (tertiary/aromatic N) is 2. The Bertz CT molecular complexity index is 955. The summed E-state index contributed by atoms with van der Waals surface area (Å²) >= 11 is 6.17. The lowest BCUT2D eigenvalue weighted by Gasteiger charge is -2.24. The Morgan fingerprint density at radius 1 is 1.10 bits per heavy atom. The molecule has 0 amide bonds. The summed E-state index contributed by atoms with van der Waals surface area (Å²) < 4.78 is 5.34. The number of hydrogen-bond donors (Lipinski definition) is 1. The van der Waals surface area contributed by atoms with Gasteiger partial charge in [-0.1, -0.05) is 37.6 Å². The number of ether oxygens (including phenoxy) is 1. The number of pyridine rings is 1. The van der Waals surface area contributed by atoms with E-state index in [0.29, 0.717) is 10.9 Å². The van der Waals surface area contributed by atoms with Crippen LogP contribution < -0.4 is 10.1 Å². The van der Waals surface area contributed by atoms with Crippen LogP contribution in [0.4, 0.5) is 5.69 Å². The van der Waals surface area contributed by atoms with E-state index in [1.807, 2.05) is 18.3 Å². The molecule has 1 atom stereocenters. The van der Waals surface area contributed by atoms with E-state index in [4.69, 9.17) is 16.3 Å². The Kier molecular flexibility index (Phi) is 7.94. The van der Waals surface area contributed by atoms with Gasteiger partial charge in [0.2, 0.25) is 0 Å². The van der Waals surface area contributed by atoms with Gasteiger partial charge in [-0.25, -0.2) is 0 Å². The van der Waals surface area contributed by atoms with Gasteiger partial charge in [0.25, 0.3) is 0 Å². The summed E-state index contributed by atoms with van der Waals surface area (Å²) in [7, 11) is 1.71. The van der Waals surface area contributed by atoms with Gasteiger partial charge in [0.1, 0.15) is 5.75 Å². The van der Waals surface area contributed by atoms with Crippen LogP contribution in [0.2, 0.25) is 5.02 Å². The van der Waals surface area contributed by atoms with Gasteiger partial charge in [-0.3, -0.25) is 4.98 Å². The Balaban J connectivity index is 1.83. The standard InChI is InChI=1S/C25H32ClN3O/c1-5-29(6-2)14-13-20(19-7-10-22(30-4)11-8-19)17-28-25-18(3)16-27-24-15-21(26)9-12-23(24)25/h7-12,15-16,20H,5-6,13-14,17H2,1-4H3,(H,27,28)/t20-/m0/s1. The maximum Gasteiger partial charge on any atom is 0.118 e. The molecular weight excluding hydrogens is 394 g/mol. The molecule has 4 nitrogen and oxygen atoms in total. The molecule has 0 fully saturated rings. The second-order valence-electron chi connectivity index (χ2n) is 7.64. The number of benzene rings is 2. The summed E-state index contributed by atoms with van der Waals surface area (Å²) in [6.07, 6.45) is 3.01. The third-order valence-corrected chi connectivity index (χ3v) is 6.06. The molecule has 0 unspecified atom stereocenters. The van der Waals surface area contributed by atoms with Crippen molar-refractivity contribution in [2.24, 2.45) is 0 Å². The van der Waals surface area contributed by atoms with E-state index in [0.717, 1.165) is 60.5 Å². The van der Waals surface area contributed by atoms with E-state index in [1.54, 1.807) is 7.11 Å². The SMILES string of the molecule is CCN(CC)CC[C@@H](CNc1c(C)cnc2cc(Cl)ccc12)c1ccc(OC)cc1. The van der Waals surface area contributed by atoms with Crippen LogP contribution >= 0.6 is 11.6 Å². The average molecular weight is 426 g/mol. The highest BCUT2D eigenvalue weighted by atomic mass is 35.5. The molecular formula is C25H32ClN3O. The zero-order valence-corrected chi connectivity index (χ0v) is 19.2. The van der Waals surface area contributed by atoms with Crippen molar-refractivity contribution in [3.63, 3.8) is 0 Å². The lowest BCUT2D eigenvalue weighted by molar-refractivity contribution is 0.291. The van der Waals surface area contributed by atoms with E-state index < -0.39 is 0 Å². The highest BCUT2D eigenvalue weighted by Gasteiger charge is 2.15. The molecule has 3 rings (SSSR count). The zero-order chi connectivity index (χ0) is 21.5. The molecule has 160 valence electrons. The Hall–Kier alpha value is -2.30. The fourth-order valence-electron chi connectivity index (χ4n) is 3.87. The number of halogens is 1. The number of aromatic nitrogens is 1. The third-order valence-electron chi connectivity index (χ3n) is 5.82. The Morgan fingerprint density at radius 3 is 2.50 bits per heavy atom. The first-order valence-corrected chi connectivity index (χ1v) is 11.1. The summed E-state index contributed by atoms with van der Waals surface area (Å²) in [5.74, 6) is 1.29. The molecule has 0 spiro atoms. The summed E-state index contributed by atoms with van der Waals surface area (Å²) in [4.78, 5) is 7.02. The molecule has 1 N–H and O–H groups in total. The predicted molar refractivity (Wildman–Crippen MR) is 128 cm³/mol. The molecule has 0 aliphatic heterocycles. The minimum Gasteiger partial charge on any atom is -0.497 e. The summed E-state index contributed by atoms with van der Waals surface area (Å²) in [6.45, 7) is 10.6. The first-order chi connectivity index (χ1) is 14.5. The molecule has 0 saturated carbocycles. The van der Waals surface area contributed by atoms with Crippen molar-refractivity contribution in [1.82, 2.24) is 9.88 Å². The van der Waals surface area contributed by atoms with Gasteiger partial charge in [0.05, 0.1) is 12.6 Å². The van der Waals surface area contributed by atoms with Crippen LogP contribution in [0.25, 0.3) is 10.9 Å². The Morgan fingerprint density at radius 2 is 1.83 bits per heavy atom. The largest absolute Gasteiger partial charge is 0.497 e. The van der Waals surface area contributed by atoms with Crippen molar-refractivity contribution in [3.05, 3.63) is 64.8 Å². The van der Waals surface area contributed by atoms with Gasteiger partial charge in [-0.2, -0.15) is 0 Å². The van der Waals surface area contributed by atoms with Crippen molar-refractivity contribution in [3.8, 4) is 5.75 Å². The lowest BCUT2D eigenvalue weighted by atomic mass is 9.94. The second-order valence-corrected chi connectivity index (χ2v) is 8.08. The minimum absolute atomic E-state index is 0.395. The van der Waals surface area contributed by atoms with E-state index in [9.17, 15) is 0 Å². The maximum atomic E-state index is 6.17. The number of aryl methyl sites for hydroxylation is 1. The summed E-state index contributed by atoms with van der Waals surface area (Å²) in [6, 6.07) is 14.4. The maximum absolute atomic E-state index is 6.17. The van der Waals surface area contributed by atoms with Crippen LogP contribution in [-0.4, -0.2) is 43.2 Å². The molecule has 0 bridgehead atoms. The average Bonchev–Trinajstić information content (AvgIpc) is 2.77. The molecule has 30 heavy (non-hydrogen) atoms. The van der Waals surface area contributed by atoms with Crippen molar-refractivity contribution in [2.75, 3.05) is 38.6 Å². The zero-order valence-electron chi connectivity index (χ0n) is 18.4. The monoisotopic (exact) mass is 425 g/mol. The van der Waals surface area contributed by atoms with Crippen molar-refractivity contribution < 1.29 is 4.74 Å². The highest BCUT2D eigenvalue weighted by molar-refractivity contribution is 6.31. The molecule has 0 saturated heterocycles. The van der Waals surface area contributed by atoms with Crippen molar-refractivity contribution in [2.45, 2.75) is 33.1 Å². The normalized spacial score (nSPS) is 12.3. The van der Waals surface area contributed by atoms with Crippen LogP contribution in [0.3, 0.4) is 0 Å². The Labute approximate surface area is 185 Å². The van der Waals surface area contributed by atoms with Gasteiger partial charge >= 0.3 is 0 Å². The number of rotatable bonds is 10. The summed E-state index contributed by atoms with van der Waals surface area (Å²) in [5, 5.41) is 5.55. The van der Waals surface area contributed by atoms with Crippen LogP contribution in [0, 0.1) is 6.92 Å². The van der Waals surface area contributed by atoms with Gasteiger partial charge in [0.15, 0.2) is 0 Å². The van der Waals surface area contributed by atoms with Gasteiger partial charge in [-0.05, 0) is 74.4 Å². The van der Waals surface area contributed by atoms with Crippen LogP contribution in [-0.2, 0) is 0 Å². The molecule has 2 aromatic carbocycles. The minimum atomic E-state index is 0.395. The molecule has 3 aromatic rings. The van der Waals surface area contributed by atoms with E-state index in [1.165, 1.54) is 5.56 Å². The number of methoxy groups -OCH3 is 1. The van der Waals surface area contributed by atoms with Crippen LogP contribution in [0.1, 0.15) is 37.3 Å². The number of fused-ring (bicyclic) bond motifs is 1. The third kappa shape index (κ3) is 5.44. The van der Waals surface area contributed by atoms with E-state index in [2.05, 4.69) is 66.3 Å². The van der Waals surface area contributed by atoms with E-state index in [-0.39, 0.29) is 0 Å². The quantitative estimate of drug-likeness (QED) is 0.423. The van der Waals surface area contributed by atoms with E-state index >= 15 is 0 Å². The van der Waals surface area contributed by atoms with Gasteiger partial charge in [-0.15, -0.1) is 0 Å². The number of nitrogens with one attached hydrogen (secondary N) is 1. The molecule has 0 radical (unpaired) electrons. The molecule has 1 aromatic heterocycles. The van der Waals surface area contributed by atoms with Gasteiger partial charge < -0.3 is 15.0 Å². The molecule has 1 heterocycles. The van der Waals surface area contributed by atoms with Crippen molar-refractivity contribution in [1.29, 1.82) is 0 Å². The lowest BCUT2D eigenvalue weighted by Crippen LogP contribution is -2.27. The first-order valence-electron chi connectivity index (χ1n) is 10.7. The smallest absolute Gasteiger partial charge is 0.118 e. The fraction of sp³-hybridized carbons (Fsp3) is 0.400. The van der Waals surface area contributed by atoms with Crippen LogP contribution in [0.5, 0.6) is 5.75 Å². The number of anilines is 1. The van der Waals surface area contributed by atoms with Gasteiger partial charge in [0, 0.05) is 34.8 Å². The molecule has 0 aliphatic carbocycles. The number of hydrogen-bond acceptors (Lipinski definition) is 4. The summed E-state index contributed by atoms with van der Waals surface area (Å²) in [5.41, 5.74) is 4.52. The van der Waals surface area contributed by atoms with Crippen molar-refractivity contribution >= 4 is 28.2 Å². The first kappa shape index (κ1) is 22.4. The predicted octanol–water partition coefficient (Wildman–Crippen LogP) is 6.13. The second kappa shape index (κ2) is 10.6. The highest BCUT2D eigenvalue weighted by Crippen LogP contribution is 2.30. The van der Waals surface area contributed by atoms with Crippen LogP contribution in [0.15, 0.2) is 48.7 Å².